The molecular formula is C18H22N2O3S2. The zero-order chi connectivity index (χ0) is 18.2. The molecule has 0 saturated carbocycles. The number of hydrogen-bond acceptors (Lipinski definition) is 4. The summed E-state index contributed by atoms with van der Waals surface area (Å²) < 4.78 is 22.7. The second-order valence-electron chi connectivity index (χ2n) is 6.47. The number of carbonyl (C=O) groups is 1. The van der Waals surface area contributed by atoms with Crippen molar-refractivity contribution in [1.82, 2.24) is 4.90 Å². The minimum atomic E-state index is -3.71. The van der Waals surface area contributed by atoms with Gasteiger partial charge in [0.15, 0.2) is 0 Å². The summed E-state index contributed by atoms with van der Waals surface area (Å²) in [7, 11) is -1.93. The summed E-state index contributed by atoms with van der Waals surface area (Å²) >= 11 is 1.60. The molecule has 1 unspecified atom stereocenters. The minimum Gasteiger partial charge on any atom is -0.334 e. The van der Waals surface area contributed by atoms with Gasteiger partial charge in [-0.25, -0.2) is 13.6 Å². The molecule has 5 nitrogen and oxygen atoms in total. The number of fused-ring (bicyclic) bond motifs is 1. The van der Waals surface area contributed by atoms with E-state index >= 15 is 0 Å². The Hall–Kier alpha value is -1.70. The summed E-state index contributed by atoms with van der Waals surface area (Å²) in [5, 5.41) is 5.12. The molecule has 2 N–H and O–H groups in total. The van der Waals surface area contributed by atoms with E-state index in [1.807, 2.05) is 13.0 Å². The van der Waals surface area contributed by atoms with E-state index in [1.54, 1.807) is 35.4 Å². The molecule has 1 aromatic carbocycles. The maximum absolute atomic E-state index is 12.8. The van der Waals surface area contributed by atoms with E-state index in [9.17, 15) is 13.2 Å². The van der Waals surface area contributed by atoms with Crippen LogP contribution in [0.4, 0.5) is 0 Å². The number of hydrogen-bond donors (Lipinski definition) is 1. The van der Waals surface area contributed by atoms with Crippen LogP contribution >= 0.6 is 11.3 Å². The van der Waals surface area contributed by atoms with Gasteiger partial charge in [-0.1, -0.05) is 12.1 Å². The number of rotatable bonds is 4. The van der Waals surface area contributed by atoms with Gasteiger partial charge in [0.2, 0.25) is 10.0 Å². The lowest BCUT2D eigenvalue weighted by molar-refractivity contribution is 0.0747. The zero-order valence-electron chi connectivity index (χ0n) is 14.4. The lowest BCUT2D eigenvalue weighted by atomic mass is 9.99. The number of thiophene rings is 1. The van der Waals surface area contributed by atoms with E-state index in [-0.39, 0.29) is 16.8 Å². The molecule has 1 heterocycles. The SMILES string of the molecule is CC(c1ccc(S(N)(=O)=O)cc1)N(C)C(=O)c1cc2c(s1)CCCC2. The topological polar surface area (TPSA) is 80.5 Å². The fraction of sp³-hybridized carbons (Fsp3) is 0.389. The van der Waals surface area contributed by atoms with Crippen molar-refractivity contribution in [2.75, 3.05) is 7.05 Å². The molecule has 25 heavy (non-hydrogen) atoms. The van der Waals surface area contributed by atoms with Crippen LogP contribution < -0.4 is 5.14 Å². The normalized spacial score (nSPS) is 15.5. The molecule has 0 spiro atoms. The first kappa shape index (κ1) is 18.1. The van der Waals surface area contributed by atoms with E-state index in [1.165, 1.54) is 35.4 Å². The quantitative estimate of drug-likeness (QED) is 0.888. The van der Waals surface area contributed by atoms with Gasteiger partial charge < -0.3 is 4.90 Å². The third-order valence-corrected chi connectivity index (χ3v) is 6.95. The van der Waals surface area contributed by atoms with Gasteiger partial charge >= 0.3 is 0 Å². The minimum absolute atomic E-state index is 0.00224. The molecule has 1 aliphatic rings. The first-order chi connectivity index (χ1) is 11.8. The molecule has 0 aliphatic heterocycles. The van der Waals surface area contributed by atoms with E-state index in [2.05, 4.69) is 0 Å². The highest BCUT2D eigenvalue weighted by atomic mass is 32.2. The third kappa shape index (κ3) is 3.78. The molecule has 0 bridgehead atoms. The molecule has 134 valence electrons. The van der Waals surface area contributed by atoms with Crippen LogP contribution in [0.25, 0.3) is 0 Å². The third-order valence-electron chi connectivity index (χ3n) is 4.80. The van der Waals surface area contributed by atoms with Crippen molar-refractivity contribution in [1.29, 1.82) is 0 Å². The Balaban J connectivity index is 1.78. The van der Waals surface area contributed by atoms with Gasteiger partial charge in [0.25, 0.3) is 5.91 Å². The smallest absolute Gasteiger partial charge is 0.264 e. The van der Waals surface area contributed by atoms with Crippen LogP contribution in [0.15, 0.2) is 35.2 Å². The molecule has 0 saturated heterocycles. The van der Waals surface area contributed by atoms with Gasteiger partial charge in [-0.2, -0.15) is 0 Å². The van der Waals surface area contributed by atoms with Crippen molar-refractivity contribution in [2.45, 2.75) is 43.5 Å². The Morgan fingerprint density at radius 2 is 1.84 bits per heavy atom. The summed E-state index contributed by atoms with van der Waals surface area (Å²) in [6, 6.07) is 8.23. The maximum Gasteiger partial charge on any atom is 0.264 e. The molecule has 0 radical (unpaired) electrons. The van der Waals surface area contributed by atoms with Crippen LogP contribution in [0.1, 0.15) is 51.5 Å². The van der Waals surface area contributed by atoms with E-state index in [0.29, 0.717) is 0 Å². The van der Waals surface area contributed by atoms with Crippen molar-refractivity contribution in [3.63, 3.8) is 0 Å². The van der Waals surface area contributed by atoms with Gasteiger partial charge in [0.1, 0.15) is 0 Å². The molecule has 0 fully saturated rings. The van der Waals surface area contributed by atoms with E-state index in [0.717, 1.165) is 23.3 Å². The van der Waals surface area contributed by atoms with Gasteiger partial charge in [0.05, 0.1) is 15.8 Å². The maximum atomic E-state index is 12.8. The Bertz CT molecular complexity index is 862. The number of sulfonamides is 1. The van der Waals surface area contributed by atoms with E-state index < -0.39 is 10.0 Å². The number of aryl methyl sites for hydroxylation is 2. The second kappa shape index (κ2) is 6.90. The number of nitrogens with two attached hydrogens (primary N) is 1. The highest BCUT2D eigenvalue weighted by Gasteiger charge is 2.23. The average Bonchev–Trinajstić information content (AvgIpc) is 3.03. The van der Waals surface area contributed by atoms with Crippen LogP contribution in [0, 0.1) is 0 Å². The van der Waals surface area contributed by atoms with Crippen LogP contribution in [0.3, 0.4) is 0 Å². The Kier molecular flexibility index (Phi) is 4.99. The Labute approximate surface area is 152 Å². The van der Waals surface area contributed by atoms with Crippen molar-refractivity contribution in [3.8, 4) is 0 Å². The lowest BCUT2D eigenvalue weighted by Crippen LogP contribution is -2.29. The Morgan fingerprint density at radius 3 is 2.44 bits per heavy atom. The first-order valence-electron chi connectivity index (χ1n) is 8.29. The lowest BCUT2D eigenvalue weighted by Gasteiger charge is -2.25. The van der Waals surface area contributed by atoms with Gasteiger partial charge in [-0.3, -0.25) is 4.79 Å². The predicted octanol–water partition coefficient (Wildman–Crippen LogP) is 3.11. The van der Waals surface area contributed by atoms with Crippen LogP contribution in [0.2, 0.25) is 0 Å². The molecule has 1 aromatic heterocycles. The fourth-order valence-electron chi connectivity index (χ4n) is 3.11. The van der Waals surface area contributed by atoms with Crippen molar-refractivity contribution in [3.05, 3.63) is 51.2 Å². The number of nitrogens with zero attached hydrogens (tertiary/aromatic N) is 1. The summed E-state index contributed by atoms with van der Waals surface area (Å²) in [5.41, 5.74) is 2.18. The van der Waals surface area contributed by atoms with Crippen LogP contribution in [0.5, 0.6) is 0 Å². The molecule has 1 aliphatic carbocycles. The summed E-state index contributed by atoms with van der Waals surface area (Å²) in [6.45, 7) is 1.93. The van der Waals surface area contributed by atoms with Gasteiger partial charge in [-0.05, 0) is 61.9 Å². The summed E-state index contributed by atoms with van der Waals surface area (Å²) in [6.07, 6.45) is 4.53. The molecular weight excluding hydrogens is 356 g/mol. The van der Waals surface area contributed by atoms with Crippen molar-refractivity contribution < 1.29 is 13.2 Å². The predicted molar refractivity (Wildman–Crippen MR) is 99.3 cm³/mol. The highest BCUT2D eigenvalue weighted by molar-refractivity contribution is 7.89. The fourth-order valence-corrected chi connectivity index (χ4v) is 4.86. The van der Waals surface area contributed by atoms with Crippen LogP contribution in [-0.2, 0) is 22.9 Å². The van der Waals surface area contributed by atoms with E-state index in [4.69, 9.17) is 5.14 Å². The van der Waals surface area contributed by atoms with Crippen molar-refractivity contribution in [2.24, 2.45) is 5.14 Å². The zero-order valence-corrected chi connectivity index (χ0v) is 16.0. The van der Waals surface area contributed by atoms with Crippen LogP contribution in [-0.4, -0.2) is 26.3 Å². The number of primary sulfonamides is 1. The largest absolute Gasteiger partial charge is 0.334 e. The summed E-state index contributed by atoms with van der Waals surface area (Å²) in [4.78, 5) is 16.7. The number of amides is 1. The molecule has 3 rings (SSSR count). The monoisotopic (exact) mass is 378 g/mol. The molecule has 7 heteroatoms. The van der Waals surface area contributed by atoms with Crippen molar-refractivity contribution >= 4 is 27.3 Å². The van der Waals surface area contributed by atoms with Gasteiger partial charge in [-0.15, -0.1) is 11.3 Å². The standard InChI is InChI=1S/C18H22N2O3S2/c1-12(13-7-9-15(10-8-13)25(19,22)23)20(2)18(21)17-11-14-5-3-4-6-16(14)24-17/h7-12H,3-6H2,1-2H3,(H2,19,22,23). The second-order valence-corrected chi connectivity index (χ2v) is 9.17. The summed E-state index contributed by atoms with van der Waals surface area (Å²) in [5.74, 6) is 0.00224. The number of carbonyl (C=O) groups excluding carboxylic acids is 1. The average molecular weight is 379 g/mol. The Morgan fingerprint density at radius 1 is 1.20 bits per heavy atom. The molecule has 2 aromatic rings. The first-order valence-corrected chi connectivity index (χ1v) is 10.6. The molecule has 1 amide bonds. The number of benzene rings is 1. The van der Waals surface area contributed by atoms with Gasteiger partial charge in [0, 0.05) is 11.9 Å². The molecule has 1 atom stereocenters. The highest BCUT2D eigenvalue weighted by Crippen LogP contribution is 2.31.